The maximum atomic E-state index is 12.3. The van der Waals surface area contributed by atoms with Crippen LogP contribution in [0.3, 0.4) is 0 Å². The normalized spacial score (nSPS) is 14.6. The van der Waals surface area contributed by atoms with Crippen LogP contribution in [0.2, 0.25) is 0 Å². The molecular weight excluding hydrogens is 318 g/mol. The summed E-state index contributed by atoms with van der Waals surface area (Å²) in [6, 6.07) is 0. The van der Waals surface area contributed by atoms with Crippen molar-refractivity contribution < 1.29 is 23.9 Å². The number of aliphatic hydroxyl groups is 1. The fraction of sp³-hybridized carbons (Fsp3) is 0.850. The molecule has 0 saturated heterocycles. The number of nitrogens with zero attached hydrogens (tertiary/aromatic N) is 1. The van der Waals surface area contributed by atoms with Gasteiger partial charge in [-0.3, -0.25) is 0 Å². The highest BCUT2D eigenvalue weighted by molar-refractivity contribution is 5.70. The van der Waals surface area contributed by atoms with Crippen molar-refractivity contribution in [2.24, 2.45) is 0 Å². The predicted molar refractivity (Wildman–Crippen MR) is 102 cm³/mol. The maximum Gasteiger partial charge on any atom is 0.362 e. The molecule has 0 aromatic carbocycles. The number of carbonyl (C=O) groups is 1. The van der Waals surface area contributed by atoms with E-state index >= 15 is 0 Å². The molecule has 2 unspecified atom stereocenters. The first-order valence-corrected chi connectivity index (χ1v) is 9.69. The lowest BCUT2D eigenvalue weighted by atomic mass is 10.0. The van der Waals surface area contributed by atoms with Gasteiger partial charge in [-0.25, -0.2) is 4.79 Å². The standard InChI is InChI=1S/C20H40NO4/c1-6-8-10-12-13-18(22)19(14-11-9-7-2)25-20(23)17-21(3,4)15-16-24-5/h10,12,18-19,22H,6-9,11,13-17H2,1-5H3/q+1/b12-10-. The van der Waals surface area contributed by atoms with E-state index in [1.54, 1.807) is 7.11 Å². The summed E-state index contributed by atoms with van der Waals surface area (Å²) in [5.41, 5.74) is 0. The Labute approximate surface area is 154 Å². The van der Waals surface area contributed by atoms with Crippen molar-refractivity contribution in [3.63, 3.8) is 0 Å². The molecule has 2 atom stereocenters. The van der Waals surface area contributed by atoms with Gasteiger partial charge in [0.1, 0.15) is 12.6 Å². The number of hydrogen-bond acceptors (Lipinski definition) is 4. The number of aliphatic hydroxyl groups excluding tert-OH is 1. The summed E-state index contributed by atoms with van der Waals surface area (Å²) in [4.78, 5) is 12.3. The minimum atomic E-state index is -0.636. The molecule has 1 N–H and O–H groups in total. The van der Waals surface area contributed by atoms with Gasteiger partial charge in [-0.2, -0.15) is 0 Å². The summed E-state index contributed by atoms with van der Waals surface area (Å²) in [7, 11) is 5.62. The van der Waals surface area contributed by atoms with Gasteiger partial charge in [0.05, 0.1) is 26.8 Å². The molecule has 0 spiro atoms. The van der Waals surface area contributed by atoms with Crippen molar-refractivity contribution in [2.45, 2.75) is 71.0 Å². The highest BCUT2D eigenvalue weighted by Gasteiger charge is 2.26. The number of allylic oxidation sites excluding steroid dienone is 1. The summed E-state index contributed by atoms with van der Waals surface area (Å²) in [5, 5.41) is 10.4. The van der Waals surface area contributed by atoms with Gasteiger partial charge in [0, 0.05) is 7.11 Å². The smallest absolute Gasteiger partial charge is 0.362 e. The van der Waals surface area contributed by atoms with Gasteiger partial charge in [0.2, 0.25) is 0 Å². The third kappa shape index (κ3) is 13.0. The molecule has 0 aromatic rings. The Morgan fingerprint density at radius 3 is 2.48 bits per heavy atom. The molecule has 0 aliphatic rings. The van der Waals surface area contributed by atoms with E-state index in [0.29, 0.717) is 23.9 Å². The van der Waals surface area contributed by atoms with Gasteiger partial charge in [-0.05, 0) is 25.7 Å². The molecule has 0 rings (SSSR count). The summed E-state index contributed by atoms with van der Waals surface area (Å²) in [5.74, 6) is -0.251. The van der Waals surface area contributed by atoms with Crippen LogP contribution in [0.25, 0.3) is 0 Å². The van der Waals surface area contributed by atoms with E-state index in [1.807, 2.05) is 20.2 Å². The molecule has 5 heteroatoms. The van der Waals surface area contributed by atoms with Gasteiger partial charge in [-0.15, -0.1) is 0 Å². The molecule has 0 heterocycles. The first-order valence-electron chi connectivity index (χ1n) is 9.69. The number of ether oxygens (including phenoxy) is 2. The van der Waals surface area contributed by atoms with Gasteiger partial charge in [-0.1, -0.05) is 45.3 Å². The molecule has 0 amide bonds. The van der Waals surface area contributed by atoms with E-state index in [9.17, 15) is 9.90 Å². The van der Waals surface area contributed by atoms with Crippen LogP contribution in [0.15, 0.2) is 12.2 Å². The Hall–Kier alpha value is -0.910. The summed E-state index contributed by atoms with van der Waals surface area (Å²) in [6.45, 7) is 5.89. The number of methoxy groups -OCH3 is 1. The van der Waals surface area contributed by atoms with Crippen molar-refractivity contribution in [3.8, 4) is 0 Å². The van der Waals surface area contributed by atoms with E-state index in [0.717, 1.165) is 38.6 Å². The second-order valence-corrected chi connectivity index (χ2v) is 7.40. The summed E-state index contributed by atoms with van der Waals surface area (Å²) >= 11 is 0. The third-order valence-electron chi connectivity index (χ3n) is 4.26. The number of quaternary nitrogens is 1. The van der Waals surface area contributed by atoms with Gasteiger partial charge < -0.3 is 19.1 Å². The van der Waals surface area contributed by atoms with Crippen molar-refractivity contribution >= 4 is 5.97 Å². The first-order chi connectivity index (χ1) is 11.9. The zero-order chi connectivity index (χ0) is 19.1. The molecule has 148 valence electrons. The van der Waals surface area contributed by atoms with Crippen LogP contribution in [0, 0.1) is 0 Å². The van der Waals surface area contributed by atoms with Gasteiger partial charge in [0.25, 0.3) is 0 Å². The molecule has 0 radical (unpaired) electrons. The number of esters is 1. The summed E-state index contributed by atoms with van der Waals surface area (Å²) in [6.07, 6.45) is 9.53. The minimum absolute atomic E-state index is 0.251. The predicted octanol–water partition coefficient (Wildman–Crippen LogP) is 3.31. The molecule has 0 saturated carbocycles. The van der Waals surface area contributed by atoms with Crippen molar-refractivity contribution in [1.82, 2.24) is 0 Å². The van der Waals surface area contributed by atoms with Crippen LogP contribution in [0.5, 0.6) is 0 Å². The van der Waals surface area contributed by atoms with Gasteiger partial charge in [0.15, 0.2) is 6.54 Å². The van der Waals surface area contributed by atoms with E-state index in [1.165, 1.54) is 0 Å². The molecule has 25 heavy (non-hydrogen) atoms. The quantitative estimate of drug-likeness (QED) is 0.211. The van der Waals surface area contributed by atoms with Crippen LogP contribution in [0.4, 0.5) is 0 Å². The monoisotopic (exact) mass is 358 g/mol. The van der Waals surface area contributed by atoms with Crippen LogP contribution in [0.1, 0.15) is 58.8 Å². The summed E-state index contributed by atoms with van der Waals surface area (Å²) < 4.78 is 11.3. The Bertz CT molecular complexity index is 369. The number of likely N-dealkylation sites (N-methyl/N-ethyl adjacent to an activating group) is 1. The second-order valence-electron chi connectivity index (χ2n) is 7.40. The average Bonchev–Trinajstić information content (AvgIpc) is 2.55. The lowest BCUT2D eigenvalue weighted by Crippen LogP contribution is -2.47. The maximum absolute atomic E-state index is 12.3. The van der Waals surface area contributed by atoms with E-state index < -0.39 is 12.2 Å². The topological polar surface area (TPSA) is 55.8 Å². The zero-order valence-corrected chi connectivity index (χ0v) is 17.0. The van der Waals surface area contributed by atoms with Crippen LogP contribution in [-0.4, -0.2) is 68.7 Å². The Morgan fingerprint density at radius 1 is 1.16 bits per heavy atom. The van der Waals surface area contributed by atoms with Crippen LogP contribution < -0.4 is 0 Å². The van der Waals surface area contributed by atoms with Crippen molar-refractivity contribution in [2.75, 3.05) is 40.9 Å². The third-order valence-corrected chi connectivity index (χ3v) is 4.26. The lowest BCUT2D eigenvalue weighted by molar-refractivity contribution is -0.883. The lowest BCUT2D eigenvalue weighted by Gasteiger charge is -2.30. The molecule has 0 aromatic heterocycles. The highest BCUT2D eigenvalue weighted by atomic mass is 16.6. The first kappa shape index (κ1) is 24.1. The van der Waals surface area contributed by atoms with Crippen molar-refractivity contribution in [3.05, 3.63) is 12.2 Å². The zero-order valence-electron chi connectivity index (χ0n) is 17.0. The van der Waals surface area contributed by atoms with Crippen molar-refractivity contribution in [1.29, 1.82) is 0 Å². The largest absolute Gasteiger partial charge is 0.455 e. The Morgan fingerprint density at radius 2 is 1.88 bits per heavy atom. The molecule has 0 aliphatic carbocycles. The number of rotatable bonds is 15. The number of carbonyl (C=O) groups excluding carboxylic acids is 1. The second kappa shape index (κ2) is 14.3. The molecular formula is C20H40NO4+. The van der Waals surface area contributed by atoms with Gasteiger partial charge >= 0.3 is 5.97 Å². The molecule has 0 aliphatic heterocycles. The molecule has 0 fully saturated rings. The minimum Gasteiger partial charge on any atom is -0.455 e. The number of unbranched alkanes of at least 4 members (excludes halogenated alkanes) is 3. The fourth-order valence-electron chi connectivity index (χ4n) is 2.57. The van der Waals surface area contributed by atoms with E-state index in [-0.39, 0.29) is 12.5 Å². The average molecular weight is 359 g/mol. The molecule has 0 bridgehead atoms. The number of hydrogen-bond donors (Lipinski definition) is 1. The van der Waals surface area contributed by atoms with Crippen LogP contribution in [-0.2, 0) is 14.3 Å². The molecule has 5 nitrogen and oxygen atoms in total. The van der Waals surface area contributed by atoms with E-state index in [2.05, 4.69) is 19.9 Å². The SMILES string of the molecule is CCC/C=C\CC(O)C(CCCCC)OC(=O)C[N+](C)(C)CCOC. The fourth-order valence-corrected chi connectivity index (χ4v) is 2.57. The Balaban J connectivity index is 4.60. The van der Waals surface area contributed by atoms with E-state index in [4.69, 9.17) is 9.47 Å². The Kier molecular flexibility index (Phi) is 13.8. The highest BCUT2D eigenvalue weighted by Crippen LogP contribution is 2.15. The van der Waals surface area contributed by atoms with Crippen LogP contribution >= 0.6 is 0 Å².